The minimum Gasteiger partial charge on any atom is -0.312 e. The summed E-state index contributed by atoms with van der Waals surface area (Å²) in [6.45, 7) is 7.81. The van der Waals surface area contributed by atoms with Crippen molar-refractivity contribution in [1.29, 1.82) is 0 Å². The Morgan fingerprint density at radius 1 is 1.41 bits per heavy atom. The van der Waals surface area contributed by atoms with Gasteiger partial charge in [-0.3, -0.25) is 0 Å². The molecule has 0 spiro atoms. The smallest absolute Gasteiger partial charge is 0.0547 e. The molecule has 1 fully saturated rings. The van der Waals surface area contributed by atoms with Crippen molar-refractivity contribution in [3.63, 3.8) is 0 Å². The van der Waals surface area contributed by atoms with Crippen LogP contribution in [-0.2, 0) is 0 Å². The van der Waals surface area contributed by atoms with E-state index in [4.69, 9.17) is 11.6 Å². The summed E-state index contributed by atoms with van der Waals surface area (Å²) in [7, 11) is 0. The van der Waals surface area contributed by atoms with Crippen LogP contribution in [0.15, 0.2) is 11.4 Å². The van der Waals surface area contributed by atoms with E-state index >= 15 is 0 Å². The summed E-state index contributed by atoms with van der Waals surface area (Å²) in [5.41, 5.74) is 0.215. The van der Waals surface area contributed by atoms with E-state index in [9.17, 15) is 0 Å². The number of hydrogen-bond acceptors (Lipinski definition) is 2. The maximum Gasteiger partial charge on any atom is 0.0547 e. The summed E-state index contributed by atoms with van der Waals surface area (Å²) in [6.07, 6.45) is 3.98. The molecule has 1 N–H and O–H groups in total. The van der Waals surface area contributed by atoms with Gasteiger partial charge in [-0.2, -0.15) is 0 Å². The van der Waals surface area contributed by atoms with Gasteiger partial charge in [0, 0.05) is 10.4 Å². The molecule has 1 saturated carbocycles. The number of rotatable bonds is 3. The van der Waals surface area contributed by atoms with Gasteiger partial charge in [0.1, 0.15) is 0 Å². The quantitative estimate of drug-likeness (QED) is 0.842. The van der Waals surface area contributed by atoms with Gasteiger partial charge in [-0.1, -0.05) is 18.0 Å². The van der Waals surface area contributed by atoms with Crippen LogP contribution in [0.1, 0.15) is 50.8 Å². The molecule has 1 nitrogen and oxygen atoms in total. The Bertz CT molecular complexity index is 367. The normalized spacial score (nSPS) is 25.4. The van der Waals surface area contributed by atoms with Gasteiger partial charge in [0.15, 0.2) is 0 Å². The average Bonchev–Trinajstić information content (AvgIpc) is 2.81. The Morgan fingerprint density at radius 2 is 2.18 bits per heavy atom. The summed E-state index contributed by atoms with van der Waals surface area (Å²) < 4.78 is 0. The lowest BCUT2D eigenvalue weighted by molar-refractivity contribution is 0.358. The zero-order valence-corrected chi connectivity index (χ0v) is 12.5. The molecule has 3 heteroatoms. The van der Waals surface area contributed by atoms with E-state index in [-0.39, 0.29) is 5.54 Å². The lowest BCUT2D eigenvalue weighted by atomic mass is 9.93. The van der Waals surface area contributed by atoms with E-state index in [1.807, 2.05) is 17.4 Å². The maximum absolute atomic E-state index is 6.27. The predicted octanol–water partition coefficient (Wildman–Crippen LogP) is 4.67. The third-order valence-electron chi connectivity index (χ3n) is 3.54. The van der Waals surface area contributed by atoms with E-state index in [0.29, 0.717) is 5.92 Å². The van der Waals surface area contributed by atoms with Crippen LogP contribution in [0.3, 0.4) is 0 Å². The Balaban J connectivity index is 2.01. The van der Waals surface area contributed by atoms with E-state index in [1.54, 1.807) is 0 Å². The second-order valence-electron chi connectivity index (χ2n) is 6.06. The number of nitrogens with one attached hydrogen (secondary N) is 1. The second kappa shape index (κ2) is 5.29. The first-order valence-electron chi connectivity index (χ1n) is 6.45. The van der Waals surface area contributed by atoms with Crippen molar-refractivity contribution in [2.24, 2.45) is 5.92 Å². The molecule has 0 bridgehead atoms. The van der Waals surface area contributed by atoms with Crippen molar-refractivity contribution in [2.75, 3.05) is 6.54 Å². The number of hydrogen-bond donors (Lipinski definition) is 1. The Hall–Kier alpha value is -0.0500. The van der Waals surface area contributed by atoms with Gasteiger partial charge in [0.05, 0.1) is 5.02 Å². The SMILES string of the molecule is CC(C)(C)NCC1CCCC1c1sccc1Cl. The molecular formula is C14H22ClNS. The minimum absolute atomic E-state index is 0.215. The first-order valence-corrected chi connectivity index (χ1v) is 7.71. The topological polar surface area (TPSA) is 12.0 Å². The maximum atomic E-state index is 6.27. The monoisotopic (exact) mass is 271 g/mol. The standard InChI is InChI=1S/C14H22ClNS/c1-14(2,3)16-9-10-5-4-6-11(10)13-12(15)7-8-17-13/h7-8,10-11,16H,4-6,9H2,1-3H3. The van der Waals surface area contributed by atoms with Gasteiger partial charge >= 0.3 is 0 Å². The largest absolute Gasteiger partial charge is 0.312 e. The van der Waals surface area contributed by atoms with Crippen LogP contribution < -0.4 is 5.32 Å². The van der Waals surface area contributed by atoms with Crippen molar-refractivity contribution in [1.82, 2.24) is 5.32 Å². The molecule has 2 rings (SSSR count). The van der Waals surface area contributed by atoms with Gasteiger partial charge in [0.25, 0.3) is 0 Å². The molecule has 2 atom stereocenters. The average molecular weight is 272 g/mol. The highest BCUT2D eigenvalue weighted by Crippen LogP contribution is 2.44. The van der Waals surface area contributed by atoms with E-state index in [1.165, 1.54) is 24.1 Å². The highest BCUT2D eigenvalue weighted by molar-refractivity contribution is 7.10. The molecule has 1 heterocycles. The number of thiophene rings is 1. The van der Waals surface area contributed by atoms with Crippen molar-refractivity contribution in [3.05, 3.63) is 21.3 Å². The van der Waals surface area contributed by atoms with Crippen molar-refractivity contribution in [3.8, 4) is 0 Å². The van der Waals surface area contributed by atoms with Crippen LogP contribution in [-0.4, -0.2) is 12.1 Å². The summed E-state index contributed by atoms with van der Waals surface area (Å²) in [5, 5.41) is 6.73. The van der Waals surface area contributed by atoms with Crippen LogP contribution in [0.25, 0.3) is 0 Å². The molecule has 1 aliphatic rings. The fourth-order valence-electron chi connectivity index (χ4n) is 2.63. The Kier molecular flexibility index (Phi) is 4.17. The highest BCUT2D eigenvalue weighted by Gasteiger charge is 2.31. The minimum atomic E-state index is 0.215. The third-order valence-corrected chi connectivity index (χ3v) is 5.03. The predicted molar refractivity (Wildman–Crippen MR) is 77.2 cm³/mol. The molecule has 1 aliphatic carbocycles. The molecule has 0 radical (unpaired) electrons. The summed E-state index contributed by atoms with van der Waals surface area (Å²) in [4.78, 5) is 1.41. The van der Waals surface area contributed by atoms with Gasteiger partial charge in [-0.25, -0.2) is 0 Å². The third kappa shape index (κ3) is 3.46. The van der Waals surface area contributed by atoms with E-state index in [2.05, 4.69) is 31.5 Å². The van der Waals surface area contributed by atoms with Gasteiger partial charge in [0.2, 0.25) is 0 Å². The molecule has 96 valence electrons. The molecule has 2 unspecified atom stereocenters. The van der Waals surface area contributed by atoms with Gasteiger partial charge in [-0.15, -0.1) is 11.3 Å². The Labute approximate surface area is 114 Å². The summed E-state index contributed by atoms with van der Waals surface area (Å²) >= 11 is 8.09. The van der Waals surface area contributed by atoms with Gasteiger partial charge < -0.3 is 5.32 Å². The first kappa shape index (κ1) is 13.4. The van der Waals surface area contributed by atoms with Crippen molar-refractivity contribution < 1.29 is 0 Å². The molecule has 0 aliphatic heterocycles. The molecule has 0 saturated heterocycles. The zero-order valence-electron chi connectivity index (χ0n) is 10.9. The van der Waals surface area contributed by atoms with Crippen LogP contribution in [0.5, 0.6) is 0 Å². The number of halogens is 1. The second-order valence-corrected chi connectivity index (χ2v) is 7.42. The fourth-order valence-corrected chi connectivity index (χ4v) is 4.06. The lowest BCUT2D eigenvalue weighted by Crippen LogP contribution is -2.39. The fraction of sp³-hybridized carbons (Fsp3) is 0.714. The van der Waals surface area contributed by atoms with Crippen LogP contribution >= 0.6 is 22.9 Å². The van der Waals surface area contributed by atoms with Crippen molar-refractivity contribution in [2.45, 2.75) is 51.5 Å². The van der Waals surface area contributed by atoms with Gasteiger partial charge in [-0.05, 0) is 63.4 Å². The van der Waals surface area contributed by atoms with Crippen LogP contribution in [0, 0.1) is 5.92 Å². The summed E-state index contributed by atoms with van der Waals surface area (Å²) in [6, 6.07) is 2.04. The lowest BCUT2D eigenvalue weighted by Gasteiger charge is -2.26. The molecular weight excluding hydrogens is 250 g/mol. The zero-order chi connectivity index (χ0) is 12.5. The molecule has 0 amide bonds. The molecule has 1 aromatic heterocycles. The van der Waals surface area contributed by atoms with Crippen LogP contribution in [0.4, 0.5) is 0 Å². The molecule has 1 aromatic rings. The molecule has 0 aromatic carbocycles. The Morgan fingerprint density at radius 3 is 2.76 bits per heavy atom. The first-order chi connectivity index (χ1) is 7.97. The molecule has 17 heavy (non-hydrogen) atoms. The summed E-state index contributed by atoms with van der Waals surface area (Å²) in [5.74, 6) is 1.43. The van der Waals surface area contributed by atoms with Crippen LogP contribution in [0.2, 0.25) is 5.02 Å². The van der Waals surface area contributed by atoms with Crippen molar-refractivity contribution >= 4 is 22.9 Å². The van der Waals surface area contributed by atoms with E-state index < -0.39 is 0 Å². The van der Waals surface area contributed by atoms with E-state index in [0.717, 1.165) is 17.5 Å². The highest BCUT2D eigenvalue weighted by atomic mass is 35.5.